The van der Waals surface area contributed by atoms with E-state index in [1.54, 1.807) is 6.20 Å². The van der Waals surface area contributed by atoms with E-state index in [4.69, 9.17) is 0 Å². The summed E-state index contributed by atoms with van der Waals surface area (Å²) in [4.78, 5) is 18.5. The quantitative estimate of drug-likeness (QED) is 0.897. The van der Waals surface area contributed by atoms with Crippen molar-refractivity contribution in [3.8, 4) is 0 Å². The third-order valence-corrected chi connectivity index (χ3v) is 5.38. The summed E-state index contributed by atoms with van der Waals surface area (Å²) >= 11 is 0. The van der Waals surface area contributed by atoms with Gasteiger partial charge in [-0.15, -0.1) is 0 Å². The Labute approximate surface area is 131 Å². The lowest BCUT2D eigenvalue weighted by Crippen LogP contribution is -2.51. The van der Waals surface area contributed by atoms with Crippen LogP contribution < -0.4 is 4.72 Å². The molecule has 1 aromatic rings. The van der Waals surface area contributed by atoms with E-state index in [1.165, 1.54) is 6.26 Å². The van der Waals surface area contributed by atoms with Crippen molar-refractivity contribution in [2.45, 2.75) is 32.2 Å². The first-order valence-electron chi connectivity index (χ1n) is 7.46. The summed E-state index contributed by atoms with van der Waals surface area (Å²) in [5.74, 6) is 0.0175. The van der Waals surface area contributed by atoms with Crippen LogP contribution in [-0.2, 0) is 10.0 Å². The molecule has 1 saturated carbocycles. The van der Waals surface area contributed by atoms with Gasteiger partial charge in [0.05, 0.1) is 11.8 Å². The molecule has 1 spiro atoms. The van der Waals surface area contributed by atoms with Crippen molar-refractivity contribution in [3.05, 3.63) is 29.6 Å². The van der Waals surface area contributed by atoms with Crippen molar-refractivity contribution in [1.82, 2.24) is 14.6 Å². The summed E-state index contributed by atoms with van der Waals surface area (Å²) in [6.45, 7) is 3.34. The van der Waals surface area contributed by atoms with Crippen LogP contribution in [0.1, 0.15) is 35.3 Å². The number of aryl methyl sites for hydroxylation is 1. The van der Waals surface area contributed by atoms with E-state index in [-0.39, 0.29) is 17.4 Å². The summed E-state index contributed by atoms with van der Waals surface area (Å²) in [6, 6.07) is 3.67. The molecule has 0 unspecified atom stereocenters. The topological polar surface area (TPSA) is 79.4 Å². The Morgan fingerprint density at radius 3 is 2.73 bits per heavy atom. The number of carbonyl (C=O) groups is 1. The minimum Gasteiger partial charge on any atom is -0.338 e. The summed E-state index contributed by atoms with van der Waals surface area (Å²) < 4.78 is 25.1. The van der Waals surface area contributed by atoms with Gasteiger partial charge in [0, 0.05) is 31.0 Å². The van der Waals surface area contributed by atoms with E-state index in [2.05, 4.69) is 9.71 Å². The lowest BCUT2D eigenvalue weighted by molar-refractivity contribution is 0.0688. The van der Waals surface area contributed by atoms with E-state index in [1.807, 2.05) is 24.0 Å². The van der Waals surface area contributed by atoms with Gasteiger partial charge >= 0.3 is 0 Å². The molecule has 3 rings (SSSR count). The molecule has 1 N–H and O–H groups in total. The number of hydrogen-bond acceptors (Lipinski definition) is 4. The number of nitrogens with zero attached hydrogens (tertiary/aromatic N) is 2. The zero-order chi connectivity index (χ0) is 16.0. The predicted octanol–water partition coefficient (Wildman–Crippen LogP) is 0.934. The van der Waals surface area contributed by atoms with Crippen LogP contribution in [0.4, 0.5) is 0 Å². The molecule has 0 radical (unpaired) electrons. The number of nitrogens with one attached hydrogen (secondary N) is 1. The second-order valence-corrected chi connectivity index (χ2v) is 8.44. The van der Waals surface area contributed by atoms with Crippen molar-refractivity contribution < 1.29 is 13.2 Å². The van der Waals surface area contributed by atoms with Gasteiger partial charge in [-0.3, -0.25) is 9.78 Å². The molecule has 1 aliphatic heterocycles. The molecule has 6 nitrogen and oxygen atoms in total. The van der Waals surface area contributed by atoms with Crippen molar-refractivity contribution in [2.24, 2.45) is 5.41 Å². The van der Waals surface area contributed by atoms with Crippen LogP contribution >= 0.6 is 0 Å². The predicted molar refractivity (Wildman–Crippen MR) is 82.9 cm³/mol. The Bertz CT molecular complexity index is 678. The van der Waals surface area contributed by atoms with Crippen LogP contribution in [0.3, 0.4) is 0 Å². The van der Waals surface area contributed by atoms with Crippen LogP contribution in [0.5, 0.6) is 0 Å². The Morgan fingerprint density at radius 2 is 2.14 bits per heavy atom. The van der Waals surface area contributed by atoms with Crippen LogP contribution in [0.2, 0.25) is 0 Å². The molecule has 0 aromatic carbocycles. The number of rotatable bonds is 3. The number of pyridine rings is 1. The standard InChI is InChI=1S/C15H21N3O3S/c1-11-3-4-12(9-16-11)14(19)18-6-5-15(10-18)7-13(8-15)17-22(2,20)21/h3-4,9,13,17H,5-8,10H2,1-2H3. The van der Waals surface area contributed by atoms with Gasteiger partial charge in [-0.25, -0.2) is 13.1 Å². The van der Waals surface area contributed by atoms with Crippen LogP contribution in [0, 0.1) is 12.3 Å². The number of likely N-dealkylation sites (tertiary alicyclic amines) is 1. The van der Waals surface area contributed by atoms with Crippen LogP contribution in [0.15, 0.2) is 18.3 Å². The molecule has 1 aromatic heterocycles. The number of carbonyl (C=O) groups excluding carboxylic acids is 1. The number of sulfonamides is 1. The summed E-state index contributed by atoms with van der Waals surface area (Å²) in [7, 11) is -3.15. The molecule has 2 fully saturated rings. The zero-order valence-corrected chi connectivity index (χ0v) is 13.7. The number of amides is 1. The lowest BCUT2D eigenvalue weighted by atomic mass is 9.65. The molecule has 22 heavy (non-hydrogen) atoms. The minimum absolute atomic E-state index is 0.0175. The van der Waals surface area contributed by atoms with Gasteiger partial charge in [-0.1, -0.05) is 0 Å². The highest BCUT2D eigenvalue weighted by atomic mass is 32.2. The molecule has 1 aliphatic carbocycles. The highest BCUT2D eigenvalue weighted by Gasteiger charge is 2.50. The van der Waals surface area contributed by atoms with Crippen molar-refractivity contribution >= 4 is 15.9 Å². The molecule has 2 heterocycles. The zero-order valence-electron chi connectivity index (χ0n) is 12.9. The highest BCUT2D eigenvalue weighted by molar-refractivity contribution is 7.88. The van der Waals surface area contributed by atoms with Crippen LogP contribution in [0.25, 0.3) is 0 Å². The molecule has 0 bridgehead atoms. The summed E-state index contributed by atoms with van der Waals surface area (Å²) in [5.41, 5.74) is 1.60. The molecule has 120 valence electrons. The molecule has 1 saturated heterocycles. The molecule has 2 aliphatic rings. The first-order valence-corrected chi connectivity index (χ1v) is 9.35. The number of aromatic nitrogens is 1. The van der Waals surface area contributed by atoms with E-state index in [0.717, 1.165) is 31.5 Å². The maximum absolute atomic E-state index is 12.5. The van der Waals surface area contributed by atoms with E-state index >= 15 is 0 Å². The fourth-order valence-electron chi connectivity index (χ4n) is 3.59. The van der Waals surface area contributed by atoms with Crippen molar-refractivity contribution in [2.75, 3.05) is 19.3 Å². The maximum atomic E-state index is 12.5. The van der Waals surface area contributed by atoms with Crippen molar-refractivity contribution in [1.29, 1.82) is 0 Å². The molecular weight excluding hydrogens is 302 g/mol. The van der Waals surface area contributed by atoms with Gasteiger partial charge in [-0.05, 0) is 43.7 Å². The fraction of sp³-hybridized carbons (Fsp3) is 0.600. The summed E-state index contributed by atoms with van der Waals surface area (Å²) in [5, 5.41) is 0. The second-order valence-electron chi connectivity index (χ2n) is 6.66. The van der Waals surface area contributed by atoms with Gasteiger partial charge in [0.1, 0.15) is 0 Å². The maximum Gasteiger partial charge on any atom is 0.255 e. The normalized spacial score (nSPS) is 27.9. The fourth-order valence-corrected chi connectivity index (χ4v) is 4.36. The third kappa shape index (κ3) is 3.15. The largest absolute Gasteiger partial charge is 0.338 e. The Kier molecular flexibility index (Phi) is 3.72. The first kappa shape index (κ1) is 15.4. The lowest BCUT2D eigenvalue weighted by Gasteiger charge is -2.45. The van der Waals surface area contributed by atoms with Gasteiger partial charge < -0.3 is 4.90 Å². The van der Waals surface area contributed by atoms with Gasteiger partial charge in [0.2, 0.25) is 10.0 Å². The first-order chi connectivity index (χ1) is 10.3. The van der Waals surface area contributed by atoms with E-state index in [9.17, 15) is 13.2 Å². The van der Waals surface area contributed by atoms with Gasteiger partial charge in [0.25, 0.3) is 5.91 Å². The molecule has 0 atom stereocenters. The average Bonchev–Trinajstić information content (AvgIpc) is 2.82. The number of hydrogen-bond donors (Lipinski definition) is 1. The monoisotopic (exact) mass is 323 g/mol. The second kappa shape index (κ2) is 5.31. The minimum atomic E-state index is -3.15. The van der Waals surface area contributed by atoms with Crippen LogP contribution in [-0.4, -0.2) is 49.6 Å². The van der Waals surface area contributed by atoms with Gasteiger partial charge in [0.15, 0.2) is 0 Å². The molecular formula is C15H21N3O3S. The Morgan fingerprint density at radius 1 is 1.41 bits per heavy atom. The van der Waals surface area contributed by atoms with Gasteiger partial charge in [-0.2, -0.15) is 0 Å². The molecule has 1 amide bonds. The van der Waals surface area contributed by atoms with E-state index in [0.29, 0.717) is 12.1 Å². The Hall–Kier alpha value is -1.47. The van der Waals surface area contributed by atoms with E-state index < -0.39 is 10.0 Å². The summed E-state index contributed by atoms with van der Waals surface area (Å²) in [6.07, 6.45) is 5.39. The highest BCUT2D eigenvalue weighted by Crippen LogP contribution is 2.48. The van der Waals surface area contributed by atoms with Crippen molar-refractivity contribution in [3.63, 3.8) is 0 Å². The molecule has 7 heteroatoms. The SMILES string of the molecule is Cc1ccc(C(=O)N2CCC3(CC(NS(C)(=O)=O)C3)C2)cn1. The Balaban J connectivity index is 1.59. The average molecular weight is 323 g/mol. The smallest absolute Gasteiger partial charge is 0.255 e. The third-order valence-electron chi connectivity index (χ3n) is 4.62.